The number of nitrogens with one attached hydrogen (secondary N) is 1. The lowest BCUT2D eigenvalue weighted by atomic mass is 9.87. The molecule has 0 radical (unpaired) electrons. The summed E-state index contributed by atoms with van der Waals surface area (Å²) in [6.45, 7) is 11.2. The Morgan fingerprint density at radius 1 is 1.19 bits per heavy atom. The van der Waals surface area contributed by atoms with Gasteiger partial charge in [0, 0.05) is 36.8 Å². The SMILES string of the molecule is CC(n1c(-c2ccccc2)nc2c1CCNC2)C(C)(C)C. The highest BCUT2D eigenvalue weighted by atomic mass is 15.1. The summed E-state index contributed by atoms with van der Waals surface area (Å²) in [6.07, 6.45) is 1.07. The standard InChI is InChI=1S/C18H25N3/c1-13(18(2,3)4)21-16-10-11-19-12-15(16)20-17(21)14-8-6-5-7-9-14/h5-9,13,19H,10-12H2,1-4H3. The zero-order valence-electron chi connectivity index (χ0n) is 13.5. The highest BCUT2D eigenvalue weighted by molar-refractivity contribution is 5.57. The quantitative estimate of drug-likeness (QED) is 0.908. The maximum absolute atomic E-state index is 4.96. The second kappa shape index (κ2) is 5.30. The maximum atomic E-state index is 4.96. The molecule has 0 bridgehead atoms. The molecule has 1 N–H and O–H groups in total. The van der Waals surface area contributed by atoms with Gasteiger partial charge in [-0.25, -0.2) is 4.98 Å². The number of hydrogen-bond acceptors (Lipinski definition) is 2. The van der Waals surface area contributed by atoms with Crippen molar-refractivity contribution in [1.29, 1.82) is 0 Å². The lowest BCUT2D eigenvalue weighted by Gasteiger charge is -2.32. The van der Waals surface area contributed by atoms with Gasteiger partial charge < -0.3 is 9.88 Å². The molecule has 1 aromatic heterocycles. The molecule has 0 saturated carbocycles. The first-order chi connectivity index (χ1) is 9.98. The first-order valence-corrected chi connectivity index (χ1v) is 7.84. The molecular formula is C18H25N3. The van der Waals surface area contributed by atoms with Gasteiger partial charge >= 0.3 is 0 Å². The fraction of sp³-hybridized carbons (Fsp3) is 0.500. The summed E-state index contributed by atoms with van der Waals surface area (Å²) in [5, 5.41) is 3.43. The molecule has 0 fully saturated rings. The Kier molecular flexibility index (Phi) is 3.62. The average Bonchev–Trinajstić information content (AvgIpc) is 2.85. The first kappa shape index (κ1) is 14.3. The molecule has 2 heterocycles. The van der Waals surface area contributed by atoms with E-state index in [9.17, 15) is 0 Å². The minimum atomic E-state index is 0.211. The van der Waals surface area contributed by atoms with E-state index in [-0.39, 0.29) is 5.41 Å². The Hall–Kier alpha value is -1.61. The first-order valence-electron chi connectivity index (χ1n) is 7.84. The fourth-order valence-corrected chi connectivity index (χ4v) is 2.93. The Morgan fingerprint density at radius 2 is 1.90 bits per heavy atom. The lowest BCUT2D eigenvalue weighted by Crippen LogP contribution is -2.28. The van der Waals surface area contributed by atoms with Crippen LogP contribution in [0.25, 0.3) is 11.4 Å². The van der Waals surface area contributed by atoms with Gasteiger partial charge in [0.05, 0.1) is 5.69 Å². The zero-order chi connectivity index (χ0) is 15.0. The van der Waals surface area contributed by atoms with Gasteiger partial charge in [0.25, 0.3) is 0 Å². The van der Waals surface area contributed by atoms with Crippen LogP contribution in [0.1, 0.15) is 45.1 Å². The fourth-order valence-electron chi connectivity index (χ4n) is 2.93. The second-order valence-electron chi connectivity index (χ2n) is 7.03. The summed E-state index contributed by atoms with van der Waals surface area (Å²) in [5.41, 5.74) is 4.05. The Balaban J connectivity index is 2.18. The number of imidazole rings is 1. The molecule has 1 unspecified atom stereocenters. The van der Waals surface area contributed by atoms with Crippen LogP contribution in [0.3, 0.4) is 0 Å². The number of benzene rings is 1. The van der Waals surface area contributed by atoms with Crippen LogP contribution in [0.15, 0.2) is 30.3 Å². The molecule has 112 valence electrons. The smallest absolute Gasteiger partial charge is 0.140 e. The van der Waals surface area contributed by atoms with Gasteiger partial charge in [-0.3, -0.25) is 0 Å². The van der Waals surface area contributed by atoms with Crippen LogP contribution in [0.2, 0.25) is 0 Å². The van der Waals surface area contributed by atoms with Gasteiger partial charge in [0.1, 0.15) is 5.82 Å². The second-order valence-corrected chi connectivity index (χ2v) is 7.03. The zero-order valence-corrected chi connectivity index (χ0v) is 13.5. The van der Waals surface area contributed by atoms with Crippen molar-refractivity contribution in [2.45, 2.75) is 46.7 Å². The van der Waals surface area contributed by atoms with Crippen molar-refractivity contribution in [3.8, 4) is 11.4 Å². The van der Waals surface area contributed by atoms with Gasteiger partial charge in [0.2, 0.25) is 0 Å². The Labute approximate surface area is 127 Å². The van der Waals surface area contributed by atoms with E-state index in [2.05, 4.69) is 67.9 Å². The number of aromatic nitrogens is 2. The monoisotopic (exact) mass is 283 g/mol. The van der Waals surface area contributed by atoms with Crippen molar-refractivity contribution >= 4 is 0 Å². The number of nitrogens with zero attached hydrogens (tertiary/aromatic N) is 2. The average molecular weight is 283 g/mol. The number of fused-ring (bicyclic) bond motifs is 1. The molecule has 0 aliphatic carbocycles. The molecule has 3 nitrogen and oxygen atoms in total. The van der Waals surface area contributed by atoms with Crippen molar-refractivity contribution in [3.63, 3.8) is 0 Å². The predicted molar refractivity (Wildman–Crippen MR) is 87.2 cm³/mol. The van der Waals surface area contributed by atoms with Gasteiger partial charge in [0.15, 0.2) is 0 Å². The van der Waals surface area contributed by atoms with Gasteiger partial charge in [-0.05, 0) is 12.3 Å². The van der Waals surface area contributed by atoms with Crippen molar-refractivity contribution in [1.82, 2.24) is 14.9 Å². The van der Waals surface area contributed by atoms with Crippen LogP contribution < -0.4 is 5.32 Å². The van der Waals surface area contributed by atoms with Crippen LogP contribution in [0.4, 0.5) is 0 Å². The molecule has 1 atom stereocenters. The van der Waals surface area contributed by atoms with E-state index < -0.39 is 0 Å². The Bertz CT molecular complexity index is 620. The van der Waals surface area contributed by atoms with Gasteiger partial charge in [-0.15, -0.1) is 0 Å². The van der Waals surface area contributed by atoms with Crippen molar-refractivity contribution in [2.24, 2.45) is 5.41 Å². The third-order valence-corrected chi connectivity index (χ3v) is 4.60. The normalized spacial score (nSPS) is 16.6. The lowest BCUT2D eigenvalue weighted by molar-refractivity contribution is 0.259. The highest BCUT2D eigenvalue weighted by Gasteiger charge is 2.29. The maximum Gasteiger partial charge on any atom is 0.140 e. The van der Waals surface area contributed by atoms with E-state index in [0.717, 1.165) is 25.3 Å². The molecule has 3 rings (SSSR count). The molecule has 3 heteroatoms. The number of hydrogen-bond donors (Lipinski definition) is 1. The van der Waals surface area contributed by atoms with E-state index in [4.69, 9.17) is 4.98 Å². The van der Waals surface area contributed by atoms with E-state index >= 15 is 0 Å². The summed E-state index contributed by atoms with van der Waals surface area (Å²) in [6, 6.07) is 11.0. The van der Waals surface area contributed by atoms with Crippen molar-refractivity contribution < 1.29 is 0 Å². The summed E-state index contributed by atoms with van der Waals surface area (Å²) in [7, 11) is 0. The predicted octanol–water partition coefficient (Wildman–Crippen LogP) is 3.80. The molecule has 1 aromatic carbocycles. The molecule has 0 spiro atoms. The molecular weight excluding hydrogens is 258 g/mol. The van der Waals surface area contributed by atoms with Gasteiger partial charge in [-0.2, -0.15) is 0 Å². The third-order valence-electron chi connectivity index (χ3n) is 4.60. The highest BCUT2D eigenvalue weighted by Crippen LogP contribution is 2.36. The Morgan fingerprint density at radius 3 is 2.57 bits per heavy atom. The van der Waals surface area contributed by atoms with E-state index in [1.165, 1.54) is 17.0 Å². The topological polar surface area (TPSA) is 29.9 Å². The van der Waals surface area contributed by atoms with Crippen molar-refractivity contribution in [2.75, 3.05) is 6.54 Å². The van der Waals surface area contributed by atoms with Gasteiger partial charge in [-0.1, -0.05) is 51.1 Å². The van der Waals surface area contributed by atoms with E-state index in [0.29, 0.717) is 6.04 Å². The van der Waals surface area contributed by atoms with E-state index in [1.54, 1.807) is 0 Å². The molecule has 0 saturated heterocycles. The molecule has 2 aromatic rings. The summed E-state index contributed by atoms with van der Waals surface area (Å²) >= 11 is 0. The molecule has 0 amide bonds. The van der Waals surface area contributed by atoms with Crippen LogP contribution in [0, 0.1) is 5.41 Å². The molecule has 1 aliphatic heterocycles. The van der Waals surface area contributed by atoms with Crippen LogP contribution in [0.5, 0.6) is 0 Å². The van der Waals surface area contributed by atoms with Crippen molar-refractivity contribution in [3.05, 3.63) is 41.7 Å². The third kappa shape index (κ3) is 2.62. The minimum absolute atomic E-state index is 0.211. The molecule has 21 heavy (non-hydrogen) atoms. The molecule has 1 aliphatic rings. The van der Waals surface area contributed by atoms with Crippen LogP contribution >= 0.6 is 0 Å². The largest absolute Gasteiger partial charge is 0.324 e. The summed E-state index contributed by atoms with van der Waals surface area (Å²) in [5.74, 6) is 1.12. The van der Waals surface area contributed by atoms with E-state index in [1.807, 2.05) is 0 Å². The minimum Gasteiger partial charge on any atom is -0.324 e. The summed E-state index contributed by atoms with van der Waals surface area (Å²) in [4.78, 5) is 4.96. The van der Waals surface area contributed by atoms with Crippen LogP contribution in [-0.2, 0) is 13.0 Å². The van der Waals surface area contributed by atoms with Crippen LogP contribution in [-0.4, -0.2) is 16.1 Å². The number of rotatable bonds is 2. The summed E-state index contributed by atoms with van der Waals surface area (Å²) < 4.78 is 2.48.